The maximum absolute atomic E-state index is 3.52. The van der Waals surface area contributed by atoms with Crippen molar-refractivity contribution < 1.29 is 0 Å². The highest BCUT2D eigenvalue weighted by molar-refractivity contribution is 5.91. The van der Waals surface area contributed by atoms with E-state index in [4.69, 9.17) is 0 Å². The summed E-state index contributed by atoms with van der Waals surface area (Å²) in [5.41, 5.74) is 10.9. The van der Waals surface area contributed by atoms with E-state index in [1.54, 1.807) is 0 Å². The lowest BCUT2D eigenvalue weighted by Crippen LogP contribution is -2.24. The van der Waals surface area contributed by atoms with Crippen molar-refractivity contribution in [2.75, 3.05) is 5.32 Å². The highest BCUT2D eigenvalue weighted by atomic mass is 14.8. The molecule has 0 aliphatic carbocycles. The molecule has 0 saturated carbocycles. The van der Waals surface area contributed by atoms with Crippen LogP contribution in [0.2, 0.25) is 0 Å². The predicted octanol–water partition coefficient (Wildman–Crippen LogP) is 11.4. The van der Waals surface area contributed by atoms with Gasteiger partial charge in [0.25, 0.3) is 0 Å². The van der Waals surface area contributed by atoms with Gasteiger partial charge < -0.3 is 5.32 Å². The van der Waals surface area contributed by atoms with Crippen molar-refractivity contribution in [1.29, 1.82) is 0 Å². The van der Waals surface area contributed by atoms with Gasteiger partial charge in [-0.2, -0.15) is 0 Å². The van der Waals surface area contributed by atoms with Gasteiger partial charge in [0.1, 0.15) is 0 Å². The van der Waals surface area contributed by atoms with Crippen LogP contribution in [-0.4, -0.2) is 0 Å². The molecule has 0 aromatic heterocycles. The molecule has 0 spiro atoms. The Morgan fingerprint density at radius 2 is 1.21 bits per heavy atom. The molecule has 6 aromatic carbocycles. The highest BCUT2D eigenvalue weighted by Gasteiger charge is 2.08. The average molecular weight is 620 g/mol. The van der Waals surface area contributed by atoms with Crippen LogP contribution >= 0.6 is 0 Å². The fourth-order valence-corrected chi connectivity index (χ4v) is 5.84. The Morgan fingerprint density at radius 1 is 0.542 bits per heavy atom. The van der Waals surface area contributed by atoms with E-state index >= 15 is 0 Å². The number of benzene rings is 6. The molecule has 0 bridgehead atoms. The Kier molecular flexibility index (Phi) is 10.4. The maximum atomic E-state index is 3.52. The van der Waals surface area contributed by atoms with Crippen molar-refractivity contribution in [3.05, 3.63) is 197 Å². The second-order valence-corrected chi connectivity index (χ2v) is 12.2. The molecule has 0 fully saturated rings. The van der Waals surface area contributed by atoms with Crippen LogP contribution in [0.5, 0.6) is 0 Å². The minimum atomic E-state index is 1.04. The molecule has 0 aliphatic rings. The molecule has 0 radical (unpaired) electrons. The lowest BCUT2D eigenvalue weighted by molar-refractivity contribution is 1.39. The van der Waals surface area contributed by atoms with Crippen molar-refractivity contribution in [3.63, 3.8) is 0 Å². The molecule has 1 heteroatoms. The SMILES string of the molecule is CC(C)=C/C=C\C=C\c1ccc(-c2ccccc2-c2ccc(N\C=c3/cccc/c3=C/C=C\c3cccc4ccccc34)cc2)cc1C. The summed E-state index contributed by atoms with van der Waals surface area (Å²) in [7, 11) is 0. The quantitative estimate of drug-likeness (QED) is 0.159. The Balaban J connectivity index is 1.19. The first-order chi connectivity index (χ1) is 23.5. The van der Waals surface area contributed by atoms with Crippen molar-refractivity contribution in [3.8, 4) is 22.3 Å². The molecule has 6 rings (SSSR count). The van der Waals surface area contributed by atoms with E-state index in [9.17, 15) is 0 Å². The summed E-state index contributed by atoms with van der Waals surface area (Å²) in [5, 5.41) is 8.32. The van der Waals surface area contributed by atoms with E-state index in [1.165, 1.54) is 55.3 Å². The van der Waals surface area contributed by atoms with Crippen LogP contribution in [0.15, 0.2) is 169 Å². The Hall–Kier alpha value is -5.92. The van der Waals surface area contributed by atoms with Crippen molar-refractivity contribution in [2.45, 2.75) is 20.8 Å². The van der Waals surface area contributed by atoms with Gasteiger partial charge in [-0.3, -0.25) is 0 Å². The van der Waals surface area contributed by atoms with Crippen LogP contribution in [-0.2, 0) is 0 Å². The van der Waals surface area contributed by atoms with Gasteiger partial charge in [-0.1, -0.05) is 176 Å². The summed E-state index contributed by atoms with van der Waals surface area (Å²) in [6.07, 6.45) is 19.1. The third-order valence-corrected chi connectivity index (χ3v) is 8.40. The van der Waals surface area contributed by atoms with Gasteiger partial charge in [0, 0.05) is 11.9 Å². The number of hydrogen-bond acceptors (Lipinski definition) is 1. The largest absolute Gasteiger partial charge is 0.361 e. The van der Waals surface area contributed by atoms with Crippen LogP contribution in [0.25, 0.3) is 57.5 Å². The van der Waals surface area contributed by atoms with E-state index in [1.807, 2.05) is 0 Å². The number of allylic oxidation sites excluding steroid dienone is 6. The number of aryl methyl sites for hydroxylation is 1. The van der Waals surface area contributed by atoms with E-state index in [0.717, 1.165) is 16.1 Å². The first-order valence-corrected chi connectivity index (χ1v) is 16.5. The van der Waals surface area contributed by atoms with Crippen LogP contribution in [0.1, 0.15) is 30.5 Å². The number of anilines is 1. The van der Waals surface area contributed by atoms with Crippen LogP contribution in [0.4, 0.5) is 5.69 Å². The predicted molar refractivity (Wildman–Crippen MR) is 211 cm³/mol. The molecule has 0 amide bonds. The van der Waals surface area contributed by atoms with Gasteiger partial charge in [0.05, 0.1) is 0 Å². The molecule has 0 saturated heterocycles. The zero-order valence-electron chi connectivity index (χ0n) is 27.9. The number of hydrogen-bond donors (Lipinski definition) is 1. The van der Waals surface area contributed by atoms with Gasteiger partial charge in [-0.25, -0.2) is 0 Å². The molecule has 6 aromatic rings. The van der Waals surface area contributed by atoms with Gasteiger partial charge in [0.2, 0.25) is 0 Å². The van der Waals surface area contributed by atoms with E-state index in [-0.39, 0.29) is 0 Å². The van der Waals surface area contributed by atoms with E-state index in [0.29, 0.717) is 0 Å². The first-order valence-electron chi connectivity index (χ1n) is 16.5. The Labute approximate surface area is 284 Å². The van der Waals surface area contributed by atoms with Crippen LogP contribution in [0.3, 0.4) is 0 Å². The summed E-state index contributed by atoms with van der Waals surface area (Å²) in [6.45, 7) is 6.39. The van der Waals surface area contributed by atoms with Gasteiger partial charge in [0.15, 0.2) is 0 Å². The number of rotatable bonds is 9. The maximum Gasteiger partial charge on any atom is 0.0380 e. The lowest BCUT2D eigenvalue weighted by atomic mass is 9.92. The zero-order valence-corrected chi connectivity index (χ0v) is 27.9. The molecule has 0 unspecified atom stereocenters. The molecule has 0 aliphatic heterocycles. The monoisotopic (exact) mass is 619 g/mol. The molecular formula is C47H41N. The lowest BCUT2D eigenvalue weighted by Gasteiger charge is -2.12. The molecule has 234 valence electrons. The average Bonchev–Trinajstić information content (AvgIpc) is 3.12. The summed E-state index contributed by atoms with van der Waals surface area (Å²) < 4.78 is 0. The van der Waals surface area contributed by atoms with Gasteiger partial charge in [-0.15, -0.1) is 0 Å². The highest BCUT2D eigenvalue weighted by Crippen LogP contribution is 2.33. The topological polar surface area (TPSA) is 12.0 Å². The minimum absolute atomic E-state index is 1.04. The molecule has 0 heterocycles. The van der Waals surface area contributed by atoms with E-state index < -0.39 is 0 Å². The van der Waals surface area contributed by atoms with Crippen LogP contribution in [0, 0.1) is 6.92 Å². The Bertz CT molecular complexity index is 2270. The van der Waals surface area contributed by atoms with Crippen LogP contribution < -0.4 is 15.8 Å². The summed E-state index contributed by atoms with van der Waals surface area (Å²) in [6, 6.07) is 47.5. The summed E-state index contributed by atoms with van der Waals surface area (Å²) in [5.74, 6) is 0. The standard InChI is InChI=1S/C47H41N/c1-35(2)15-5-4-6-16-37-27-28-42(33-36(37)3)47-26-12-11-25-46(47)41-29-31-44(32-30-41)48-34-43-19-8-7-17-38(43)20-13-21-40-23-14-22-39-18-9-10-24-45(39)40/h4-34,48H,1-3H3/b5-4-,16-6+,21-13-,38-20-,43-34+. The molecule has 48 heavy (non-hydrogen) atoms. The van der Waals surface area contributed by atoms with Crippen molar-refractivity contribution in [2.24, 2.45) is 0 Å². The Morgan fingerprint density at radius 3 is 2.00 bits per heavy atom. The third-order valence-electron chi connectivity index (χ3n) is 8.40. The smallest absolute Gasteiger partial charge is 0.0380 e. The molecule has 0 atom stereocenters. The third kappa shape index (κ3) is 8.07. The van der Waals surface area contributed by atoms with Crippen molar-refractivity contribution in [1.82, 2.24) is 0 Å². The number of nitrogens with one attached hydrogen (secondary N) is 1. The fraction of sp³-hybridized carbons (Fsp3) is 0.0638. The fourth-order valence-electron chi connectivity index (χ4n) is 5.84. The normalized spacial score (nSPS) is 12.5. The molecule has 1 nitrogen and oxygen atoms in total. The van der Waals surface area contributed by atoms with Gasteiger partial charge >= 0.3 is 0 Å². The summed E-state index contributed by atoms with van der Waals surface area (Å²) >= 11 is 0. The molecular weight excluding hydrogens is 579 g/mol. The molecule has 1 N–H and O–H groups in total. The van der Waals surface area contributed by atoms with Crippen molar-refractivity contribution >= 4 is 40.9 Å². The second-order valence-electron chi connectivity index (χ2n) is 12.2. The minimum Gasteiger partial charge on any atom is -0.361 e. The van der Waals surface area contributed by atoms with Gasteiger partial charge in [-0.05, 0) is 93.1 Å². The summed E-state index contributed by atoms with van der Waals surface area (Å²) in [4.78, 5) is 0. The number of fused-ring (bicyclic) bond motifs is 1. The van der Waals surface area contributed by atoms with E-state index in [2.05, 4.69) is 214 Å². The first kappa shape index (κ1) is 32.0. The second kappa shape index (κ2) is 15.6. The zero-order chi connectivity index (χ0) is 33.1.